The minimum absolute atomic E-state index is 0.531. The van der Waals surface area contributed by atoms with Gasteiger partial charge >= 0.3 is 0 Å². The molecule has 0 aromatic heterocycles. The molecule has 1 saturated heterocycles. The Bertz CT molecular complexity index is 255. The molecule has 3 heteroatoms. The lowest BCUT2D eigenvalue weighted by molar-refractivity contribution is 0.128. The highest BCUT2D eigenvalue weighted by atomic mass is 32.2. The molecule has 0 spiro atoms. The molecule has 0 amide bonds. The first kappa shape index (κ1) is 15.7. The second-order valence-corrected chi connectivity index (χ2v) is 7.76. The van der Waals surface area contributed by atoms with Crippen molar-refractivity contribution in [1.82, 2.24) is 5.32 Å². The molecular weight excluding hydrogens is 254 g/mol. The van der Waals surface area contributed by atoms with Crippen LogP contribution in [0.25, 0.3) is 0 Å². The number of nitrogens with one attached hydrogen (secondary N) is 1. The molecule has 1 N–H and O–H groups in total. The van der Waals surface area contributed by atoms with E-state index in [1.807, 2.05) is 0 Å². The lowest BCUT2D eigenvalue weighted by Crippen LogP contribution is -2.47. The monoisotopic (exact) mass is 285 g/mol. The van der Waals surface area contributed by atoms with Gasteiger partial charge in [0.15, 0.2) is 0 Å². The van der Waals surface area contributed by atoms with Gasteiger partial charge < -0.3 is 10.1 Å². The Morgan fingerprint density at radius 3 is 2.79 bits per heavy atom. The van der Waals surface area contributed by atoms with Crippen LogP contribution in [0.1, 0.15) is 52.9 Å². The van der Waals surface area contributed by atoms with E-state index >= 15 is 0 Å². The van der Waals surface area contributed by atoms with Gasteiger partial charge in [-0.3, -0.25) is 0 Å². The summed E-state index contributed by atoms with van der Waals surface area (Å²) < 4.78 is 5.78. The predicted octanol–water partition coefficient (Wildman–Crippen LogP) is 3.70. The normalized spacial score (nSPS) is 39.6. The van der Waals surface area contributed by atoms with Crippen molar-refractivity contribution in [3.05, 3.63) is 0 Å². The molecule has 1 saturated carbocycles. The third-order valence-corrected chi connectivity index (χ3v) is 6.29. The second kappa shape index (κ2) is 7.90. The molecule has 0 radical (unpaired) electrons. The summed E-state index contributed by atoms with van der Waals surface area (Å²) in [7, 11) is 0. The van der Waals surface area contributed by atoms with E-state index < -0.39 is 0 Å². The van der Waals surface area contributed by atoms with Crippen LogP contribution < -0.4 is 5.32 Å². The third kappa shape index (κ3) is 4.64. The van der Waals surface area contributed by atoms with Gasteiger partial charge in [-0.05, 0) is 50.5 Å². The van der Waals surface area contributed by atoms with E-state index in [2.05, 4.69) is 37.8 Å². The first-order chi connectivity index (χ1) is 9.20. The molecule has 2 nitrogen and oxygen atoms in total. The summed E-state index contributed by atoms with van der Waals surface area (Å²) in [5.41, 5.74) is 0. The van der Waals surface area contributed by atoms with Gasteiger partial charge in [-0.2, -0.15) is 11.8 Å². The molecule has 1 aliphatic carbocycles. The van der Waals surface area contributed by atoms with Crippen molar-refractivity contribution >= 4 is 11.8 Å². The lowest BCUT2D eigenvalue weighted by Gasteiger charge is -2.40. The summed E-state index contributed by atoms with van der Waals surface area (Å²) in [5.74, 6) is 2.92. The maximum absolute atomic E-state index is 5.78. The molecule has 0 aromatic carbocycles. The molecule has 0 bridgehead atoms. The van der Waals surface area contributed by atoms with Crippen LogP contribution in [0, 0.1) is 11.8 Å². The minimum atomic E-state index is 0.531. The number of ether oxygens (including phenoxy) is 1. The van der Waals surface area contributed by atoms with Crippen LogP contribution in [0.4, 0.5) is 0 Å². The predicted molar refractivity (Wildman–Crippen MR) is 84.9 cm³/mol. The molecule has 2 rings (SSSR count). The number of hydrogen-bond acceptors (Lipinski definition) is 3. The van der Waals surface area contributed by atoms with Gasteiger partial charge in [0, 0.05) is 23.7 Å². The van der Waals surface area contributed by atoms with E-state index in [-0.39, 0.29) is 0 Å². The zero-order chi connectivity index (χ0) is 13.7. The summed E-state index contributed by atoms with van der Waals surface area (Å²) in [6.07, 6.45) is 7.06. The summed E-state index contributed by atoms with van der Waals surface area (Å²) >= 11 is 2.18. The Morgan fingerprint density at radius 2 is 2.11 bits per heavy atom. The van der Waals surface area contributed by atoms with Crippen LogP contribution in [-0.4, -0.2) is 36.3 Å². The Morgan fingerprint density at radius 1 is 1.26 bits per heavy atom. The van der Waals surface area contributed by atoms with E-state index in [4.69, 9.17) is 4.74 Å². The Balaban J connectivity index is 1.84. The molecule has 1 heterocycles. The van der Waals surface area contributed by atoms with Gasteiger partial charge in [-0.15, -0.1) is 0 Å². The van der Waals surface area contributed by atoms with Crippen LogP contribution in [0.3, 0.4) is 0 Å². The van der Waals surface area contributed by atoms with Crippen molar-refractivity contribution in [1.29, 1.82) is 0 Å². The summed E-state index contributed by atoms with van der Waals surface area (Å²) in [5, 5.41) is 4.58. The van der Waals surface area contributed by atoms with E-state index in [0.717, 1.165) is 23.7 Å². The zero-order valence-electron chi connectivity index (χ0n) is 12.9. The van der Waals surface area contributed by atoms with E-state index in [0.29, 0.717) is 12.1 Å². The maximum Gasteiger partial charge on any atom is 0.0666 e. The van der Waals surface area contributed by atoms with E-state index in [1.165, 1.54) is 44.4 Å². The smallest absolute Gasteiger partial charge is 0.0666 e. The second-order valence-electron chi connectivity index (χ2n) is 6.55. The first-order valence-corrected chi connectivity index (χ1v) is 9.22. The van der Waals surface area contributed by atoms with Crippen molar-refractivity contribution in [2.45, 2.75) is 70.3 Å². The van der Waals surface area contributed by atoms with Crippen molar-refractivity contribution in [3.63, 3.8) is 0 Å². The van der Waals surface area contributed by atoms with Crippen molar-refractivity contribution in [3.8, 4) is 0 Å². The van der Waals surface area contributed by atoms with Crippen LogP contribution in [0.5, 0.6) is 0 Å². The van der Waals surface area contributed by atoms with Gasteiger partial charge in [0.1, 0.15) is 0 Å². The quantitative estimate of drug-likeness (QED) is 0.804. The fourth-order valence-electron chi connectivity index (χ4n) is 3.63. The van der Waals surface area contributed by atoms with Crippen molar-refractivity contribution < 1.29 is 4.74 Å². The minimum Gasteiger partial charge on any atom is -0.377 e. The van der Waals surface area contributed by atoms with Gasteiger partial charge in [-0.1, -0.05) is 20.8 Å². The Kier molecular flexibility index (Phi) is 6.51. The molecule has 2 aliphatic rings. The molecule has 2 fully saturated rings. The van der Waals surface area contributed by atoms with Crippen LogP contribution in [0.2, 0.25) is 0 Å². The van der Waals surface area contributed by atoms with Gasteiger partial charge in [0.2, 0.25) is 0 Å². The average molecular weight is 285 g/mol. The molecule has 1 aliphatic heterocycles. The standard InChI is InChI=1S/C16H31NOS/c1-4-7-17-15-10-12(2)9-13(3)16(15)19-11-14-6-5-8-18-14/h12-17H,4-11H2,1-3H3. The molecule has 5 atom stereocenters. The van der Waals surface area contributed by atoms with Gasteiger partial charge in [-0.25, -0.2) is 0 Å². The highest BCUT2D eigenvalue weighted by Gasteiger charge is 2.34. The maximum atomic E-state index is 5.78. The number of hydrogen-bond donors (Lipinski definition) is 1. The van der Waals surface area contributed by atoms with Crippen LogP contribution in [0.15, 0.2) is 0 Å². The summed E-state index contributed by atoms with van der Waals surface area (Å²) in [4.78, 5) is 0. The fourth-order valence-corrected chi connectivity index (χ4v) is 5.21. The SMILES string of the molecule is CCCNC1CC(C)CC(C)C1SCC1CCCO1. The van der Waals surface area contributed by atoms with Gasteiger partial charge in [0.05, 0.1) is 6.10 Å². The molecular formula is C16H31NOS. The fraction of sp³-hybridized carbons (Fsp3) is 1.00. The van der Waals surface area contributed by atoms with Crippen LogP contribution in [-0.2, 0) is 4.74 Å². The van der Waals surface area contributed by atoms with Crippen LogP contribution >= 0.6 is 11.8 Å². The average Bonchev–Trinajstić information content (AvgIpc) is 2.88. The molecule has 19 heavy (non-hydrogen) atoms. The zero-order valence-corrected chi connectivity index (χ0v) is 13.7. The van der Waals surface area contributed by atoms with Crippen molar-refractivity contribution in [2.24, 2.45) is 11.8 Å². The lowest BCUT2D eigenvalue weighted by atomic mass is 9.80. The highest BCUT2D eigenvalue weighted by Crippen LogP contribution is 2.37. The highest BCUT2D eigenvalue weighted by molar-refractivity contribution is 8.00. The summed E-state index contributed by atoms with van der Waals surface area (Å²) in [6.45, 7) is 9.28. The van der Waals surface area contributed by atoms with E-state index in [9.17, 15) is 0 Å². The molecule has 0 aromatic rings. The molecule has 5 unspecified atom stereocenters. The van der Waals surface area contributed by atoms with Crippen molar-refractivity contribution in [2.75, 3.05) is 18.9 Å². The Labute approximate surface area is 123 Å². The van der Waals surface area contributed by atoms with E-state index in [1.54, 1.807) is 0 Å². The number of thioether (sulfide) groups is 1. The summed E-state index contributed by atoms with van der Waals surface area (Å²) in [6, 6.07) is 0.713. The third-order valence-electron chi connectivity index (χ3n) is 4.54. The number of rotatable bonds is 6. The van der Waals surface area contributed by atoms with Gasteiger partial charge in [0.25, 0.3) is 0 Å². The first-order valence-electron chi connectivity index (χ1n) is 8.17. The topological polar surface area (TPSA) is 21.3 Å². The largest absolute Gasteiger partial charge is 0.377 e. The molecule has 112 valence electrons. The Hall–Kier alpha value is 0.270.